The molecule has 2 aromatic rings. The van der Waals surface area contributed by atoms with Gasteiger partial charge < -0.3 is 10.1 Å². The number of nitrogens with one attached hydrogen (secondary N) is 1. The molecule has 0 atom stereocenters. The third kappa shape index (κ3) is 1.43. The first-order valence-electron chi connectivity index (χ1n) is 3.52. The van der Waals surface area contributed by atoms with Gasteiger partial charge in [-0.25, -0.2) is 9.97 Å². The first-order chi connectivity index (χ1) is 6.22. The first kappa shape index (κ1) is 8.93. The van der Waals surface area contributed by atoms with Gasteiger partial charge >= 0.3 is 0 Å². The third-order valence-electron chi connectivity index (χ3n) is 1.61. The number of aromatic amines is 1. The van der Waals surface area contributed by atoms with Gasteiger partial charge in [-0.3, -0.25) is 0 Å². The molecule has 6 heteroatoms. The second-order valence-electron chi connectivity index (χ2n) is 2.46. The molecule has 2 rings (SSSR count). The van der Waals surface area contributed by atoms with E-state index in [1.54, 1.807) is 6.20 Å². The standard InChI is InChI=1S/C7H5BrClN3O/c8-3-1-10-7-6(5(3)9)11-4(2-13)12-7/h1,13H,2H2,(H,10,11,12). The number of aliphatic hydroxyl groups excluding tert-OH is 1. The van der Waals surface area contributed by atoms with Gasteiger partial charge in [0.15, 0.2) is 5.65 Å². The maximum atomic E-state index is 8.82. The topological polar surface area (TPSA) is 61.8 Å². The lowest BCUT2D eigenvalue weighted by Crippen LogP contribution is -1.83. The summed E-state index contributed by atoms with van der Waals surface area (Å²) < 4.78 is 0.704. The monoisotopic (exact) mass is 261 g/mol. The Bertz CT molecular complexity index is 456. The fourth-order valence-electron chi connectivity index (χ4n) is 1.03. The van der Waals surface area contributed by atoms with Crippen molar-refractivity contribution in [1.29, 1.82) is 0 Å². The molecule has 0 fully saturated rings. The predicted molar refractivity (Wildman–Crippen MR) is 52.5 cm³/mol. The average Bonchev–Trinajstić information content (AvgIpc) is 2.55. The van der Waals surface area contributed by atoms with Crippen LogP contribution in [0.2, 0.25) is 5.02 Å². The van der Waals surface area contributed by atoms with E-state index in [2.05, 4.69) is 30.9 Å². The van der Waals surface area contributed by atoms with Crippen molar-refractivity contribution in [3.63, 3.8) is 0 Å². The van der Waals surface area contributed by atoms with Crippen LogP contribution in [-0.2, 0) is 6.61 Å². The molecule has 0 spiro atoms. The van der Waals surface area contributed by atoms with Gasteiger partial charge in [0.1, 0.15) is 17.9 Å². The van der Waals surface area contributed by atoms with Crippen molar-refractivity contribution in [3.05, 3.63) is 21.5 Å². The van der Waals surface area contributed by atoms with Crippen LogP contribution in [0.25, 0.3) is 11.2 Å². The van der Waals surface area contributed by atoms with Crippen LogP contribution < -0.4 is 0 Å². The molecule has 0 bridgehead atoms. The van der Waals surface area contributed by atoms with Crippen LogP contribution in [-0.4, -0.2) is 20.1 Å². The normalized spacial score (nSPS) is 11.0. The molecule has 4 nitrogen and oxygen atoms in total. The summed E-state index contributed by atoms with van der Waals surface area (Å²) in [6.45, 7) is -0.149. The van der Waals surface area contributed by atoms with Crippen molar-refractivity contribution in [1.82, 2.24) is 15.0 Å². The lowest BCUT2D eigenvalue weighted by molar-refractivity contribution is 0.273. The van der Waals surface area contributed by atoms with Crippen LogP contribution in [0, 0.1) is 0 Å². The minimum Gasteiger partial charge on any atom is -0.388 e. The van der Waals surface area contributed by atoms with Crippen LogP contribution in [0.4, 0.5) is 0 Å². The van der Waals surface area contributed by atoms with E-state index in [0.717, 1.165) is 0 Å². The molecule has 2 N–H and O–H groups in total. The highest BCUT2D eigenvalue weighted by atomic mass is 79.9. The van der Waals surface area contributed by atoms with Crippen molar-refractivity contribution in [3.8, 4) is 0 Å². The summed E-state index contributed by atoms with van der Waals surface area (Å²) in [6, 6.07) is 0. The fraction of sp³-hybridized carbons (Fsp3) is 0.143. The highest BCUT2D eigenvalue weighted by Crippen LogP contribution is 2.27. The second-order valence-corrected chi connectivity index (χ2v) is 3.69. The zero-order valence-corrected chi connectivity index (χ0v) is 8.72. The third-order valence-corrected chi connectivity index (χ3v) is 2.83. The van der Waals surface area contributed by atoms with E-state index in [-0.39, 0.29) is 6.61 Å². The number of aliphatic hydroxyl groups is 1. The van der Waals surface area contributed by atoms with Crippen LogP contribution >= 0.6 is 27.5 Å². The smallest absolute Gasteiger partial charge is 0.179 e. The molecule has 68 valence electrons. The SMILES string of the molecule is OCc1nc2ncc(Br)c(Cl)c2[nH]1. The van der Waals surface area contributed by atoms with Gasteiger partial charge in [-0.2, -0.15) is 0 Å². The van der Waals surface area contributed by atoms with Gasteiger partial charge in [0.05, 0.1) is 9.50 Å². The van der Waals surface area contributed by atoms with Gasteiger partial charge in [-0.15, -0.1) is 0 Å². The number of hydrogen-bond acceptors (Lipinski definition) is 3. The summed E-state index contributed by atoms with van der Waals surface area (Å²) in [7, 11) is 0. The molecule has 0 amide bonds. The van der Waals surface area contributed by atoms with E-state index in [9.17, 15) is 0 Å². The van der Waals surface area contributed by atoms with Crippen LogP contribution in [0.1, 0.15) is 5.82 Å². The zero-order chi connectivity index (χ0) is 9.42. The highest BCUT2D eigenvalue weighted by molar-refractivity contribution is 9.10. The van der Waals surface area contributed by atoms with Crippen molar-refractivity contribution in [2.75, 3.05) is 0 Å². The summed E-state index contributed by atoms with van der Waals surface area (Å²) in [6.07, 6.45) is 1.58. The molecule has 13 heavy (non-hydrogen) atoms. The van der Waals surface area contributed by atoms with E-state index < -0.39 is 0 Å². The van der Waals surface area contributed by atoms with Gasteiger partial charge in [0.25, 0.3) is 0 Å². The Hall–Kier alpha value is -0.650. The molecule has 0 aliphatic heterocycles. The lowest BCUT2D eigenvalue weighted by atomic mass is 10.4. The quantitative estimate of drug-likeness (QED) is 0.825. The van der Waals surface area contributed by atoms with Crippen molar-refractivity contribution in [2.24, 2.45) is 0 Å². The molecule has 0 aliphatic rings. The van der Waals surface area contributed by atoms with E-state index in [4.69, 9.17) is 16.7 Å². The fourth-order valence-corrected chi connectivity index (χ4v) is 1.51. The molecule has 0 saturated heterocycles. The number of aromatic nitrogens is 3. The van der Waals surface area contributed by atoms with E-state index in [1.165, 1.54) is 0 Å². The molecule has 2 heterocycles. The molecule has 2 aromatic heterocycles. The van der Waals surface area contributed by atoms with Crippen LogP contribution in [0.15, 0.2) is 10.7 Å². The van der Waals surface area contributed by atoms with E-state index in [1.807, 2.05) is 0 Å². The second kappa shape index (κ2) is 3.25. The van der Waals surface area contributed by atoms with Crippen molar-refractivity contribution >= 4 is 38.7 Å². The number of imidazole rings is 1. The number of rotatable bonds is 1. The highest BCUT2D eigenvalue weighted by Gasteiger charge is 2.08. The number of fused-ring (bicyclic) bond motifs is 1. The maximum absolute atomic E-state index is 8.82. The Morgan fingerprint density at radius 2 is 2.38 bits per heavy atom. The van der Waals surface area contributed by atoms with Crippen molar-refractivity contribution < 1.29 is 5.11 Å². The summed E-state index contributed by atoms with van der Waals surface area (Å²) in [5.74, 6) is 0.461. The lowest BCUT2D eigenvalue weighted by Gasteiger charge is -1.93. The zero-order valence-electron chi connectivity index (χ0n) is 6.38. The number of nitrogens with zero attached hydrogens (tertiary/aromatic N) is 2. The minimum atomic E-state index is -0.149. The number of halogens is 2. The van der Waals surface area contributed by atoms with E-state index >= 15 is 0 Å². The average molecular weight is 262 g/mol. The Labute approximate surface area is 87.1 Å². The van der Waals surface area contributed by atoms with E-state index in [0.29, 0.717) is 26.5 Å². The van der Waals surface area contributed by atoms with Gasteiger partial charge in [-0.1, -0.05) is 11.6 Å². The molecule has 0 radical (unpaired) electrons. The van der Waals surface area contributed by atoms with Gasteiger partial charge in [0, 0.05) is 6.20 Å². The molecular formula is C7H5BrClN3O. The Kier molecular flexibility index (Phi) is 2.23. The summed E-state index contributed by atoms with van der Waals surface area (Å²) >= 11 is 9.20. The van der Waals surface area contributed by atoms with Gasteiger partial charge in [0.2, 0.25) is 0 Å². The number of H-pyrrole nitrogens is 1. The Morgan fingerprint density at radius 1 is 1.62 bits per heavy atom. The minimum absolute atomic E-state index is 0.149. The van der Waals surface area contributed by atoms with Gasteiger partial charge in [-0.05, 0) is 15.9 Å². The molecular weight excluding hydrogens is 257 g/mol. The first-order valence-corrected chi connectivity index (χ1v) is 4.69. The van der Waals surface area contributed by atoms with Crippen LogP contribution in [0.3, 0.4) is 0 Å². The largest absolute Gasteiger partial charge is 0.388 e. The predicted octanol–water partition coefficient (Wildman–Crippen LogP) is 1.87. The van der Waals surface area contributed by atoms with Crippen molar-refractivity contribution in [2.45, 2.75) is 6.61 Å². The van der Waals surface area contributed by atoms with Crippen LogP contribution in [0.5, 0.6) is 0 Å². The number of pyridine rings is 1. The molecule has 0 aromatic carbocycles. The molecule has 0 saturated carbocycles. The maximum Gasteiger partial charge on any atom is 0.179 e. The number of hydrogen-bond donors (Lipinski definition) is 2. The summed E-state index contributed by atoms with van der Waals surface area (Å²) in [5.41, 5.74) is 1.15. The molecule has 0 unspecified atom stereocenters. The molecule has 0 aliphatic carbocycles. The Morgan fingerprint density at radius 3 is 3.08 bits per heavy atom. The summed E-state index contributed by atoms with van der Waals surface area (Å²) in [4.78, 5) is 10.9. The summed E-state index contributed by atoms with van der Waals surface area (Å²) in [5, 5.41) is 9.35. The Balaban J connectivity index is 2.76.